The Morgan fingerprint density at radius 3 is 2.37 bits per heavy atom. The minimum Gasteiger partial charge on any atom is -0.395 e. The molecule has 1 rings (SSSR count). The normalized spacial score (nSPS) is 11.8. The Balaban J connectivity index is 3.05. The molecule has 1 aromatic rings. The number of benzene rings is 1. The molecule has 1 aromatic carbocycles. The SMILES string of the molecule is C=C(CC)CN(CCO)S(=O)(=O)c1ccc(C)cc1. The van der Waals surface area contributed by atoms with Crippen molar-refractivity contribution in [1.29, 1.82) is 0 Å². The van der Waals surface area contributed by atoms with E-state index in [0.29, 0.717) is 6.42 Å². The molecule has 19 heavy (non-hydrogen) atoms. The fourth-order valence-electron chi connectivity index (χ4n) is 1.62. The first-order chi connectivity index (χ1) is 8.91. The number of sulfonamides is 1. The summed E-state index contributed by atoms with van der Waals surface area (Å²) in [6, 6.07) is 6.70. The molecular formula is C14H21NO3S. The van der Waals surface area contributed by atoms with E-state index in [2.05, 4.69) is 6.58 Å². The summed E-state index contributed by atoms with van der Waals surface area (Å²) in [6.45, 7) is 7.78. The van der Waals surface area contributed by atoms with Gasteiger partial charge in [0.05, 0.1) is 11.5 Å². The van der Waals surface area contributed by atoms with Crippen molar-refractivity contribution in [2.75, 3.05) is 19.7 Å². The van der Waals surface area contributed by atoms with Crippen LogP contribution in [0, 0.1) is 6.92 Å². The van der Waals surface area contributed by atoms with E-state index in [0.717, 1.165) is 11.1 Å². The van der Waals surface area contributed by atoms with Crippen molar-refractivity contribution in [3.8, 4) is 0 Å². The highest BCUT2D eigenvalue weighted by atomic mass is 32.2. The fraction of sp³-hybridized carbons (Fsp3) is 0.429. The molecule has 0 atom stereocenters. The first kappa shape index (κ1) is 15.9. The van der Waals surface area contributed by atoms with Crippen LogP contribution in [0.3, 0.4) is 0 Å². The summed E-state index contributed by atoms with van der Waals surface area (Å²) >= 11 is 0. The van der Waals surface area contributed by atoms with E-state index in [1.165, 1.54) is 4.31 Å². The van der Waals surface area contributed by atoms with Crippen LogP contribution in [0.25, 0.3) is 0 Å². The summed E-state index contributed by atoms with van der Waals surface area (Å²) in [6.07, 6.45) is 0.714. The van der Waals surface area contributed by atoms with Crippen LogP contribution in [0.2, 0.25) is 0 Å². The summed E-state index contributed by atoms with van der Waals surface area (Å²) in [4.78, 5) is 0.246. The first-order valence-electron chi connectivity index (χ1n) is 6.26. The van der Waals surface area contributed by atoms with Gasteiger partial charge in [-0.2, -0.15) is 4.31 Å². The molecule has 4 nitrogen and oxygen atoms in total. The third-order valence-electron chi connectivity index (χ3n) is 2.91. The van der Waals surface area contributed by atoms with Crippen LogP contribution in [0.4, 0.5) is 0 Å². The van der Waals surface area contributed by atoms with Crippen LogP contribution in [-0.4, -0.2) is 37.5 Å². The van der Waals surface area contributed by atoms with Gasteiger partial charge in [-0.3, -0.25) is 0 Å². The van der Waals surface area contributed by atoms with Gasteiger partial charge in [0, 0.05) is 13.1 Å². The minimum atomic E-state index is -3.57. The van der Waals surface area contributed by atoms with Crippen molar-refractivity contribution >= 4 is 10.0 Å². The molecule has 0 amide bonds. The van der Waals surface area contributed by atoms with Crippen LogP contribution < -0.4 is 0 Å². The van der Waals surface area contributed by atoms with Crippen molar-refractivity contribution in [3.05, 3.63) is 42.0 Å². The zero-order chi connectivity index (χ0) is 14.5. The van der Waals surface area contributed by atoms with E-state index < -0.39 is 10.0 Å². The molecule has 1 N–H and O–H groups in total. The summed E-state index contributed by atoms with van der Waals surface area (Å²) in [7, 11) is -3.57. The van der Waals surface area contributed by atoms with Crippen molar-refractivity contribution in [2.45, 2.75) is 25.2 Å². The average Bonchev–Trinajstić information content (AvgIpc) is 2.38. The lowest BCUT2D eigenvalue weighted by Crippen LogP contribution is -2.35. The number of aliphatic hydroxyl groups is 1. The quantitative estimate of drug-likeness (QED) is 0.778. The molecule has 0 spiro atoms. The maximum atomic E-state index is 12.5. The molecule has 0 aliphatic rings. The lowest BCUT2D eigenvalue weighted by molar-refractivity contribution is 0.258. The van der Waals surface area contributed by atoms with Crippen molar-refractivity contribution in [2.24, 2.45) is 0 Å². The zero-order valence-corrected chi connectivity index (χ0v) is 12.3. The number of rotatable bonds is 7. The van der Waals surface area contributed by atoms with Crippen molar-refractivity contribution < 1.29 is 13.5 Å². The summed E-state index contributed by atoms with van der Waals surface area (Å²) < 4.78 is 26.2. The van der Waals surface area contributed by atoms with E-state index in [9.17, 15) is 8.42 Å². The van der Waals surface area contributed by atoms with Gasteiger partial charge >= 0.3 is 0 Å². The molecule has 0 aromatic heterocycles. The highest BCUT2D eigenvalue weighted by molar-refractivity contribution is 7.89. The lowest BCUT2D eigenvalue weighted by Gasteiger charge is -2.22. The number of nitrogens with zero attached hydrogens (tertiary/aromatic N) is 1. The maximum absolute atomic E-state index is 12.5. The lowest BCUT2D eigenvalue weighted by atomic mass is 10.2. The predicted molar refractivity (Wildman–Crippen MR) is 76.5 cm³/mol. The van der Waals surface area contributed by atoms with Crippen LogP contribution in [-0.2, 0) is 10.0 Å². The van der Waals surface area contributed by atoms with Crippen molar-refractivity contribution in [1.82, 2.24) is 4.31 Å². The van der Waals surface area contributed by atoms with Gasteiger partial charge < -0.3 is 5.11 Å². The monoisotopic (exact) mass is 283 g/mol. The molecular weight excluding hydrogens is 262 g/mol. The smallest absolute Gasteiger partial charge is 0.243 e. The molecule has 0 unspecified atom stereocenters. The summed E-state index contributed by atoms with van der Waals surface area (Å²) in [5.41, 5.74) is 1.83. The van der Waals surface area contributed by atoms with Crippen LogP contribution in [0.1, 0.15) is 18.9 Å². The molecule has 0 bridgehead atoms. The van der Waals surface area contributed by atoms with E-state index >= 15 is 0 Å². The number of aliphatic hydroxyl groups excluding tert-OH is 1. The molecule has 0 saturated heterocycles. The Morgan fingerprint density at radius 2 is 1.89 bits per heavy atom. The van der Waals surface area contributed by atoms with E-state index in [1.54, 1.807) is 24.3 Å². The Morgan fingerprint density at radius 1 is 1.32 bits per heavy atom. The zero-order valence-electron chi connectivity index (χ0n) is 11.5. The Kier molecular flexibility index (Phi) is 5.72. The highest BCUT2D eigenvalue weighted by Crippen LogP contribution is 2.17. The van der Waals surface area contributed by atoms with Gasteiger partial charge in [0.15, 0.2) is 0 Å². The second kappa shape index (κ2) is 6.84. The van der Waals surface area contributed by atoms with Crippen LogP contribution in [0.5, 0.6) is 0 Å². The summed E-state index contributed by atoms with van der Waals surface area (Å²) in [5.74, 6) is 0. The topological polar surface area (TPSA) is 57.6 Å². The van der Waals surface area contributed by atoms with Gasteiger partial charge in [-0.15, -0.1) is 0 Å². The van der Waals surface area contributed by atoms with Crippen LogP contribution >= 0.6 is 0 Å². The molecule has 5 heteroatoms. The first-order valence-corrected chi connectivity index (χ1v) is 7.70. The second-order valence-electron chi connectivity index (χ2n) is 4.48. The molecule has 0 aliphatic carbocycles. The number of hydrogen-bond acceptors (Lipinski definition) is 3. The third kappa shape index (κ3) is 4.16. The second-order valence-corrected chi connectivity index (χ2v) is 6.42. The van der Waals surface area contributed by atoms with Gasteiger partial charge in [0.25, 0.3) is 0 Å². The predicted octanol–water partition coefficient (Wildman–Crippen LogP) is 1.94. The van der Waals surface area contributed by atoms with Crippen LogP contribution in [0.15, 0.2) is 41.3 Å². The van der Waals surface area contributed by atoms with Gasteiger partial charge in [-0.25, -0.2) is 8.42 Å². The standard InChI is InChI=1S/C14H21NO3S/c1-4-12(2)11-15(9-10-16)19(17,18)14-7-5-13(3)6-8-14/h5-8,16H,2,4,9-11H2,1,3H3. The number of aryl methyl sites for hydroxylation is 1. The molecule has 106 valence electrons. The van der Waals surface area contributed by atoms with Gasteiger partial charge in [-0.05, 0) is 25.5 Å². The maximum Gasteiger partial charge on any atom is 0.243 e. The van der Waals surface area contributed by atoms with Gasteiger partial charge in [0.2, 0.25) is 10.0 Å². The Hall–Kier alpha value is -1.17. The molecule has 0 fully saturated rings. The Labute approximate surface area is 115 Å². The van der Waals surface area contributed by atoms with Gasteiger partial charge in [-0.1, -0.05) is 36.8 Å². The fourth-order valence-corrected chi connectivity index (χ4v) is 3.07. The Bertz CT molecular complexity index is 520. The molecule has 0 saturated carbocycles. The minimum absolute atomic E-state index is 0.0786. The van der Waals surface area contributed by atoms with E-state index in [1.807, 2.05) is 13.8 Å². The van der Waals surface area contributed by atoms with Gasteiger partial charge in [0.1, 0.15) is 0 Å². The van der Waals surface area contributed by atoms with Crippen molar-refractivity contribution in [3.63, 3.8) is 0 Å². The molecule has 0 radical (unpaired) electrons. The average molecular weight is 283 g/mol. The van der Waals surface area contributed by atoms with E-state index in [-0.39, 0.29) is 24.6 Å². The molecule has 0 heterocycles. The van der Waals surface area contributed by atoms with E-state index in [4.69, 9.17) is 5.11 Å². The highest BCUT2D eigenvalue weighted by Gasteiger charge is 2.23. The molecule has 0 aliphatic heterocycles. The summed E-state index contributed by atoms with van der Waals surface area (Å²) in [5, 5.41) is 9.04. The largest absolute Gasteiger partial charge is 0.395 e. The number of hydrogen-bond donors (Lipinski definition) is 1. The third-order valence-corrected chi connectivity index (χ3v) is 4.77.